The first-order chi connectivity index (χ1) is 12.8. The average molecular weight is 349 g/mol. The number of benzene rings is 1. The molecule has 26 heavy (non-hydrogen) atoms. The molecule has 5 rings (SSSR count). The lowest BCUT2D eigenvalue weighted by atomic mass is 9.87. The second-order valence-electron chi connectivity index (χ2n) is 7.05. The highest BCUT2D eigenvalue weighted by Gasteiger charge is 2.25. The van der Waals surface area contributed by atoms with Crippen LogP contribution in [0, 0.1) is 0 Å². The third-order valence-electron chi connectivity index (χ3n) is 5.54. The van der Waals surface area contributed by atoms with Crippen LogP contribution in [0.3, 0.4) is 0 Å². The van der Waals surface area contributed by atoms with E-state index in [0.717, 1.165) is 49.7 Å². The predicted octanol–water partition coefficient (Wildman–Crippen LogP) is 2.78. The van der Waals surface area contributed by atoms with Gasteiger partial charge in [0, 0.05) is 25.5 Å². The fourth-order valence-corrected chi connectivity index (χ4v) is 4.25. The normalized spacial score (nSPS) is 19.0. The standard InChI is InChI=1S/C20H23N5O/c1-26-16-5-6-17-14(11-16)3-2-4-19(17)24-9-8-22-20(24)18-12-15-13-21-7-10-25(15)23-18/h5-6,8-9,11-12,19,21H,2-4,7,10,13H2,1H3/t19-/m0/s1. The number of fused-ring (bicyclic) bond motifs is 2. The van der Waals surface area contributed by atoms with Crippen LogP contribution in [0.5, 0.6) is 5.75 Å². The van der Waals surface area contributed by atoms with Crippen molar-refractivity contribution in [3.05, 3.63) is 53.5 Å². The molecule has 1 aliphatic heterocycles. The Morgan fingerprint density at radius 2 is 2.23 bits per heavy atom. The van der Waals surface area contributed by atoms with Crippen LogP contribution < -0.4 is 10.1 Å². The van der Waals surface area contributed by atoms with Crippen LogP contribution in [0.4, 0.5) is 0 Å². The largest absolute Gasteiger partial charge is 0.497 e. The average Bonchev–Trinajstić information content (AvgIpc) is 3.33. The molecule has 1 aromatic carbocycles. The molecule has 0 amide bonds. The third-order valence-corrected chi connectivity index (χ3v) is 5.54. The molecule has 1 atom stereocenters. The molecular formula is C20H23N5O. The topological polar surface area (TPSA) is 56.9 Å². The molecule has 3 heterocycles. The number of nitrogens with zero attached hydrogens (tertiary/aromatic N) is 4. The number of imidazole rings is 1. The summed E-state index contributed by atoms with van der Waals surface area (Å²) >= 11 is 0. The highest BCUT2D eigenvalue weighted by Crippen LogP contribution is 2.37. The maximum atomic E-state index is 5.41. The quantitative estimate of drug-likeness (QED) is 0.790. The van der Waals surface area contributed by atoms with Crippen molar-refractivity contribution >= 4 is 0 Å². The number of aromatic nitrogens is 4. The van der Waals surface area contributed by atoms with Crippen LogP contribution in [0.1, 0.15) is 35.7 Å². The van der Waals surface area contributed by atoms with Crippen molar-refractivity contribution in [3.63, 3.8) is 0 Å². The van der Waals surface area contributed by atoms with Gasteiger partial charge in [-0.2, -0.15) is 5.10 Å². The molecule has 0 saturated carbocycles. The minimum atomic E-state index is 0.305. The maximum Gasteiger partial charge on any atom is 0.161 e. The summed E-state index contributed by atoms with van der Waals surface area (Å²) in [7, 11) is 1.73. The van der Waals surface area contributed by atoms with E-state index in [9.17, 15) is 0 Å². The Balaban J connectivity index is 1.55. The van der Waals surface area contributed by atoms with Gasteiger partial charge in [0.2, 0.25) is 0 Å². The molecule has 2 aliphatic rings. The van der Waals surface area contributed by atoms with Gasteiger partial charge in [0.25, 0.3) is 0 Å². The van der Waals surface area contributed by atoms with Crippen LogP contribution in [0.2, 0.25) is 0 Å². The van der Waals surface area contributed by atoms with Gasteiger partial charge < -0.3 is 14.6 Å². The third kappa shape index (κ3) is 2.52. The summed E-state index contributed by atoms with van der Waals surface area (Å²) in [5, 5.41) is 8.21. The summed E-state index contributed by atoms with van der Waals surface area (Å²) in [5.41, 5.74) is 4.96. The maximum absolute atomic E-state index is 5.41. The summed E-state index contributed by atoms with van der Waals surface area (Å²) < 4.78 is 9.81. The highest BCUT2D eigenvalue weighted by molar-refractivity contribution is 5.52. The van der Waals surface area contributed by atoms with E-state index >= 15 is 0 Å². The number of ether oxygens (including phenoxy) is 1. The van der Waals surface area contributed by atoms with E-state index in [1.54, 1.807) is 7.11 Å². The van der Waals surface area contributed by atoms with Gasteiger partial charge in [-0.15, -0.1) is 0 Å². The molecule has 6 nitrogen and oxygen atoms in total. The van der Waals surface area contributed by atoms with E-state index in [-0.39, 0.29) is 0 Å². The van der Waals surface area contributed by atoms with Crippen molar-refractivity contribution in [2.24, 2.45) is 0 Å². The van der Waals surface area contributed by atoms with Gasteiger partial charge in [-0.05, 0) is 48.6 Å². The molecule has 2 aromatic heterocycles. The van der Waals surface area contributed by atoms with Crippen molar-refractivity contribution in [1.29, 1.82) is 0 Å². The molecule has 0 unspecified atom stereocenters. The lowest BCUT2D eigenvalue weighted by Crippen LogP contribution is -2.28. The molecule has 134 valence electrons. The van der Waals surface area contributed by atoms with E-state index in [0.29, 0.717) is 6.04 Å². The molecule has 3 aromatic rings. The fourth-order valence-electron chi connectivity index (χ4n) is 4.25. The summed E-state index contributed by atoms with van der Waals surface area (Å²) in [6.07, 6.45) is 7.39. The van der Waals surface area contributed by atoms with Gasteiger partial charge in [-0.25, -0.2) is 4.98 Å². The highest BCUT2D eigenvalue weighted by atomic mass is 16.5. The van der Waals surface area contributed by atoms with Crippen LogP contribution in [-0.4, -0.2) is 33.0 Å². The second kappa shape index (κ2) is 6.29. The van der Waals surface area contributed by atoms with Crippen molar-refractivity contribution in [1.82, 2.24) is 24.6 Å². The summed E-state index contributed by atoms with van der Waals surface area (Å²) in [6, 6.07) is 8.93. The summed E-state index contributed by atoms with van der Waals surface area (Å²) in [5.74, 6) is 1.89. The molecule has 0 radical (unpaired) electrons. The van der Waals surface area contributed by atoms with Crippen molar-refractivity contribution < 1.29 is 4.74 Å². The van der Waals surface area contributed by atoms with E-state index in [1.165, 1.54) is 23.2 Å². The molecule has 6 heteroatoms. The first-order valence-electron chi connectivity index (χ1n) is 9.31. The first-order valence-corrected chi connectivity index (χ1v) is 9.31. The second-order valence-corrected chi connectivity index (χ2v) is 7.05. The SMILES string of the molecule is COc1ccc2c(c1)CCC[C@@H]2n1ccnc1-c1cc2n(n1)CCNC2. The predicted molar refractivity (Wildman–Crippen MR) is 99.2 cm³/mol. The monoisotopic (exact) mass is 349 g/mol. The van der Waals surface area contributed by atoms with Gasteiger partial charge in [0.1, 0.15) is 11.4 Å². The smallest absolute Gasteiger partial charge is 0.161 e. The molecule has 0 fully saturated rings. The Bertz CT molecular complexity index is 918. The van der Waals surface area contributed by atoms with Gasteiger partial charge in [-0.3, -0.25) is 4.68 Å². The van der Waals surface area contributed by atoms with E-state index in [1.807, 2.05) is 6.20 Å². The van der Waals surface area contributed by atoms with E-state index in [4.69, 9.17) is 9.84 Å². The Kier molecular flexibility index (Phi) is 3.78. The number of hydrogen-bond donors (Lipinski definition) is 1. The van der Waals surface area contributed by atoms with Crippen molar-refractivity contribution in [2.45, 2.75) is 38.4 Å². The van der Waals surface area contributed by atoms with Crippen LogP contribution in [-0.2, 0) is 19.5 Å². The zero-order valence-electron chi connectivity index (χ0n) is 15.0. The minimum absolute atomic E-state index is 0.305. The number of nitrogens with one attached hydrogen (secondary N) is 1. The van der Waals surface area contributed by atoms with Gasteiger partial charge in [-0.1, -0.05) is 6.07 Å². The zero-order valence-corrected chi connectivity index (χ0v) is 15.0. The van der Waals surface area contributed by atoms with Crippen LogP contribution in [0.25, 0.3) is 11.5 Å². The Hall–Kier alpha value is -2.60. The molecular weight excluding hydrogens is 326 g/mol. The van der Waals surface area contributed by atoms with E-state index in [2.05, 4.69) is 50.0 Å². The molecule has 0 bridgehead atoms. The zero-order chi connectivity index (χ0) is 17.5. The number of aryl methyl sites for hydroxylation is 1. The minimum Gasteiger partial charge on any atom is -0.497 e. The lowest BCUT2D eigenvalue weighted by molar-refractivity contribution is 0.412. The number of methoxy groups -OCH3 is 1. The number of rotatable bonds is 3. The Morgan fingerprint density at radius 1 is 1.27 bits per heavy atom. The van der Waals surface area contributed by atoms with Crippen molar-refractivity contribution in [3.8, 4) is 17.3 Å². The molecule has 0 saturated heterocycles. The van der Waals surface area contributed by atoms with Gasteiger partial charge >= 0.3 is 0 Å². The van der Waals surface area contributed by atoms with Crippen LogP contribution in [0.15, 0.2) is 36.7 Å². The van der Waals surface area contributed by atoms with Gasteiger partial charge in [0.05, 0.1) is 25.4 Å². The van der Waals surface area contributed by atoms with Crippen LogP contribution >= 0.6 is 0 Å². The van der Waals surface area contributed by atoms with Gasteiger partial charge in [0.15, 0.2) is 5.82 Å². The first kappa shape index (κ1) is 15.6. The molecule has 1 aliphatic carbocycles. The van der Waals surface area contributed by atoms with E-state index < -0.39 is 0 Å². The van der Waals surface area contributed by atoms with Crippen molar-refractivity contribution in [2.75, 3.05) is 13.7 Å². The fraction of sp³-hybridized carbons (Fsp3) is 0.400. The molecule has 1 N–H and O–H groups in total. The Labute approximate surface area is 152 Å². The molecule has 0 spiro atoms. The lowest BCUT2D eigenvalue weighted by Gasteiger charge is -2.28. The number of hydrogen-bond acceptors (Lipinski definition) is 4. The Morgan fingerprint density at radius 3 is 3.12 bits per heavy atom. The summed E-state index contributed by atoms with van der Waals surface area (Å²) in [6.45, 7) is 2.77. The summed E-state index contributed by atoms with van der Waals surface area (Å²) in [4.78, 5) is 4.65.